The zero-order chi connectivity index (χ0) is 22.9. The van der Waals surface area contributed by atoms with Crippen molar-refractivity contribution in [2.75, 3.05) is 32.9 Å². The number of aromatic nitrogens is 1. The topological polar surface area (TPSA) is 132 Å². The van der Waals surface area contributed by atoms with Crippen LogP contribution in [0.1, 0.15) is 16.1 Å². The average molecular weight is 459 g/mol. The van der Waals surface area contributed by atoms with Crippen LogP contribution in [0.15, 0.2) is 47.4 Å². The minimum Gasteiger partial charge on any atom is -0.478 e. The zero-order valence-electron chi connectivity index (χ0n) is 17.2. The maximum Gasteiger partial charge on any atom is 0.312 e. The molecule has 0 bridgehead atoms. The molecule has 2 heterocycles. The van der Waals surface area contributed by atoms with E-state index in [0.29, 0.717) is 11.3 Å². The molecule has 11 heteroatoms. The Morgan fingerprint density at radius 3 is 2.66 bits per heavy atom. The van der Waals surface area contributed by atoms with E-state index in [1.54, 1.807) is 13.0 Å². The summed E-state index contributed by atoms with van der Waals surface area (Å²) in [4.78, 5) is 26.6. The number of ketones is 1. The maximum atomic E-state index is 12.8. The second kappa shape index (κ2) is 8.69. The molecular weight excluding hydrogens is 438 g/mol. The van der Waals surface area contributed by atoms with E-state index in [0.717, 1.165) is 17.0 Å². The Kier molecular flexibility index (Phi) is 5.96. The highest BCUT2D eigenvalue weighted by atomic mass is 32.2. The smallest absolute Gasteiger partial charge is 0.312 e. The molecule has 10 nitrogen and oxygen atoms in total. The first-order valence-corrected chi connectivity index (χ1v) is 11.3. The molecule has 32 heavy (non-hydrogen) atoms. The monoisotopic (exact) mass is 459 g/mol. The molecule has 1 N–H and O–H groups in total. The van der Waals surface area contributed by atoms with Gasteiger partial charge in [-0.3, -0.25) is 14.9 Å². The van der Waals surface area contributed by atoms with Crippen LogP contribution in [0.25, 0.3) is 10.9 Å². The number of para-hydroxylation sites is 1. The highest BCUT2D eigenvalue weighted by molar-refractivity contribution is 7.89. The Morgan fingerprint density at radius 1 is 1.22 bits per heavy atom. The fourth-order valence-corrected chi connectivity index (χ4v) is 5.14. The number of nitro benzene ring substituents is 1. The Labute approximate surface area is 183 Å². The lowest BCUT2D eigenvalue weighted by molar-refractivity contribution is -0.386. The number of Topliss-reactive ketones (excluding diaryl/α,β-unsaturated/α-hetero) is 1. The van der Waals surface area contributed by atoms with Gasteiger partial charge in [-0.05, 0) is 25.1 Å². The summed E-state index contributed by atoms with van der Waals surface area (Å²) < 4.78 is 37.5. The number of carbonyl (C=O) groups is 1. The van der Waals surface area contributed by atoms with Crippen molar-refractivity contribution in [3.63, 3.8) is 0 Å². The number of hydrogen-bond acceptors (Lipinski definition) is 7. The van der Waals surface area contributed by atoms with E-state index in [1.165, 1.54) is 16.4 Å². The van der Waals surface area contributed by atoms with Crippen molar-refractivity contribution >= 4 is 32.4 Å². The molecule has 0 unspecified atom stereocenters. The number of carbonyl (C=O) groups excluding carboxylic acids is 1. The van der Waals surface area contributed by atoms with Gasteiger partial charge in [0.2, 0.25) is 15.8 Å². The number of rotatable bonds is 7. The minimum absolute atomic E-state index is 0.173. The Bertz CT molecular complexity index is 1290. The standard InChI is InChI=1S/C21H21N3O7S/c1-14-21(16-4-2-3-5-17(16)22-14)19(25)13-31-20-7-6-15(12-18(20)24(26)27)32(28,29)23-8-10-30-11-9-23/h2-7,12,22H,8-11,13H2,1H3. The molecule has 168 valence electrons. The molecule has 0 aliphatic carbocycles. The molecule has 1 saturated heterocycles. The molecule has 0 radical (unpaired) electrons. The summed E-state index contributed by atoms with van der Waals surface area (Å²) in [5.41, 5.74) is 1.40. The highest BCUT2D eigenvalue weighted by Gasteiger charge is 2.29. The molecule has 0 amide bonds. The highest BCUT2D eigenvalue weighted by Crippen LogP contribution is 2.31. The number of aromatic amines is 1. The molecule has 1 aromatic heterocycles. The van der Waals surface area contributed by atoms with Gasteiger partial charge in [0.1, 0.15) is 0 Å². The summed E-state index contributed by atoms with van der Waals surface area (Å²) in [6, 6.07) is 10.7. The van der Waals surface area contributed by atoms with E-state index in [1.807, 2.05) is 18.2 Å². The first-order valence-electron chi connectivity index (χ1n) is 9.88. The van der Waals surface area contributed by atoms with Crippen molar-refractivity contribution in [1.29, 1.82) is 0 Å². The summed E-state index contributed by atoms with van der Waals surface area (Å²) in [7, 11) is -3.91. The molecule has 0 saturated carbocycles. The maximum absolute atomic E-state index is 12.8. The molecule has 4 rings (SSSR count). The lowest BCUT2D eigenvalue weighted by atomic mass is 10.1. The Morgan fingerprint density at radius 2 is 1.94 bits per heavy atom. The molecule has 0 spiro atoms. The SMILES string of the molecule is Cc1[nH]c2ccccc2c1C(=O)COc1ccc(S(=O)(=O)N2CCOCC2)cc1[N+](=O)[O-]. The second-order valence-corrected chi connectivity index (χ2v) is 9.22. The van der Waals surface area contributed by atoms with Gasteiger partial charge in [0.25, 0.3) is 0 Å². The number of H-pyrrole nitrogens is 1. The van der Waals surface area contributed by atoms with E-state index >= 15 is 0 Å². The van der Waals surface area contributed by atoms with Gasteiger partial charge in [-0.1, -0.05) is 18.2 Å². The van der Waals surface area contributed by atoms with Crippen molar-refractivity contribution in [3.8, 4) is 5.75 Å². The number of sulfonamides is 1. The van der Waals surface area contributed by atoms with Crippen LogP contribution in [0.5, 0.6) is 5.75 Å². The fourth-order valence-electron chi connectivity index (χ4n) is 3.71. The first-order chi connectivity index (χ1) is 15.3. The van der Waals surface area contributed by atoms with Crippen LogP contribution in [0.4, 0.5) is 5.69 Å². The Balaban J connectivity index is 1.58. The first kappa shape index (κ1) is 21.9. The second-order valence-electron chi connectivity index (χ2n) is 7.29. The molecule has 1 aliphatic rings. The lowest BCUT2D eigenvalue weighted by Crippen LogP contribution is -2.40. The van der Waals surface area contributed by atoms with Gasteiger partial charge in [-0.15, -0.1) is 0 Å². The van der Waals surface area contributed by atoms with Crippen molar-refractivity contribution in [1.82, 2.24) is 9.29 Å². The third-order valence-electron chi connectivity index (χ3n) is 5.27. The van der Waals surface area contributed by atoms with Gasteiger partial charge >= 0.3 is 5.69 Å². The quantitative estimate of drug-likeness (QED) is 0.326. The average Bonchev–Trinajstić information content (AvgIpc) is 3.13. The molecule has 1 fully saturated rings. The van der Waals surface area contributed by atoms with E-state index in [2.05, 4.69) is 4.98 Å². The number of ether oxygens (including phenoxy) is 2. The third kappa shape index (κ3) is 4.09. The molecule has 2 aromatic carbocycles. The van der Waals surface area contributed by atoms with Crippen LogP contribution in [-0.2, 0) is 14.8 Å². The van der Waals surface area contributed by atoms with Crippen molar-refractivity contribution in [2.45, 2.75) is 11.8 Å². The van der Waals surface area contributed by atoms with Crippen LogP contribution in [-0.4, -0.2) is 61.3 Å². The normalized spacial score (nSPS) is 15.0. The Hall–Kier alpha value is -3.28. The zero-order valence-corrected chi connectivity index (χ0v) is 18.1. The number of benzene rings is 2. The molecule has 3 aromatic rings. The van der Waals surface area contributed by atoms with Gasteiger partial charge in [0.05, 0.1) is 23.0 Å². The summed E-state index contributed by atoms with van der Waals surface area (Å²) in [6.45, 7) is 2.20. The molecule has 0 atom stereocenters. The number of hydrogen-bond donors (Lipinski definition) is 1. The predicted octanol–water partition coefficient (Wildman–Crippen LogP) is 2.67. The summed E-state index contributed by atoms with van der Waals surface area (Å²) in [5, 5.41) is 12.3. The van der Waals surface area contributed by atoms with Gasteiger partial charge in [0, 0.05) is 41.3 Å². The minimum atomic E-state index is -3.91. The van der Waals surface area contributed by atoms with Crippen molar-refractivity contribution in [2.24, 2.45) is 0 Å². The van der Waals surface area contributed by atoms with E-state index in [4.69, 9.17) is 9.47 Å². The number of nitrogens with zero attached hydrogens (tertiary/aromatic N) is 2. The van der Waals surface area contributed by atoms with E-state index < -0.39 is 27.2 Å². The number of fused-ring (bicyclic) bond motifs is 1. The fraction of sp³-hybridized carbons (Fsp3) is 0.286. The van der Waals surface area contributed by atoms with Crippen LogP contribution in [0, 0.1) is 17.0 Å². The van der Waals surface area contributed by atoms with Gasteiger partial charge in [-0.25, -0.2) is 8.42 Å². The van der Waals surface area contributed by atoms with Gasteiger partial charge < -0.3 is 14.5 Å². The molecule has 1 aliphatic heterocycles. The van der Waals surface area contributed by atoms with Crippen molar-refractivity contribution < 1.29 is 27.6 Å². The number of aryl methyl sites for hydroxylation is 1. The number of nitro groups is 1. The number of nitrogens with one attached hydrogen (secondary N) is 1. The largest absolute Gasteiger partial charge is 0.478 e. The van der Waals surface area contributed by atoms with E-state index in [9.17, 15) is 23.3 Å². The van der Waals surface area contributed by atoms with Crippen LogP contribution < -0.4 is 4.74 Å². The summed E-state index contributed by atoms with van der Waals surface area (Å²) in [5.74, 6) is -0.527. The lowest BCUT2D eigenvalue weighted by Gasteiger charge is -2.26. The van der Waals surface area contributed by atoms with Crippen LogP contribution >= 0.6 is 0 Å². The van der Waals surface area contributed by atoms with Gasteiger partial charge in [0.15, 0.2) is 12.4 Å². The summed E-state index contributed by atoms with van der Waals surface area (Å²) >= 11 is 0. The summed E-state index contributed by atoms with van der Waals surface area (Å²) in [6.07, 6.45) is 0. The van der Waals surface area contributed by atoms with Crippen LogP contribution in [0.3, 0.4) is 0 Å². The van der Waals surface area contributed by atoms with Crippen LogP contribution in [0.2, 0.25) is 0 Å². The molecular formula is C21H21N3O7S. The van der Waals surface area contributed by atoms with Crippen molar-refractivity contribution in [3.05, 3.63) is 63.8 Å². The van der Waals surface area contributed by atoms with Gasteiger partial charge in [-0.2, -0.15) is 4.31 Å². The predicted molar refractivity (Wildman–Crippen MR) is 116 cm³/mol. The number of morpholine rings is 1. The van der Waals surface area contributed by atoms with E-state index in [-0.39, 0.29) is 42.7 Å². The third-order valence-corrected chi connectivity index (χ3v) is 7.16.